The Labute approximate surface area is 144 Å². The van der Waals surface area contributed by atoms with Gasteiger partial charge in [-0.1, -0.05) is 5.57 Å². The van der Waals surface area contributed by atoms with Crippen LogP contribution in [-0.2, 0) is 0 Å². The highest BCUT2D eigenvalue weighted by atomic mass is 16.3. The molecule has 24 heavy (non-hydrogen) atoms. The van der Waals surface area contributed by atoms with Gasteiger partial charge in [-0.15, -0.1) is 10.6 Å². The highest BCUT2D eigenvalue weighted by Crippen LogP contribution is 2.11. The van der Waals surface area contributed by atoms with E-state index in [1.165, 1.54) is 5.57 Å². The molecule has 0 aliphatic carbocycles. The predicted molar refractivity (Wildman–Crippen MR) is 101 cm³/mol. The molecule has 6 heteroatoms. The van der Waals surface area contributed by atoms with Crippen molar-refractivity contribution >= 4 is 11.9 Å². The molecule has 0 fully saturated rings. The van der Waals surface area contributed by atoms with E-state index in [9.17, 15) is 4.91 Å². The van der Waals surface area contributed by atoms with Crippen molar-refractivity contribution in [2.45, 2.75) is 34.1 Å². The number of nitroso groups, excluding NO2 is 1. The maximum atomic E-state index is 10.2. The van der Waals surface area contributed by atoms with Crippen molar-refractivity contribution in [2.24, 2.45) is 15.3 Å². The van der Waals surface area contributed by atoms with Gasteiger partial charge in [0, 0.05) is 37.7 Å². The topological polar surface area (TPSA) is 69.4 Å². The van der Waals surface area contributed by atoms with Gasteiger partial charge in [0.1, 0.15) is 0 Å². The van der Waals surface area contributed by atoms with E-state index in [-0.39, 0.29) is 0 Å². The van der Waals surface area contributed by atoms with Crippen LogP contribution in [0, 0.1) is 4.91 Å². The van der Waals surface area contributed by atoms with Gasteiger partial charge >= 0.3 is 0 Å². The molecule has 0 saturated carbocycles. The van der Waals surface area contributed by atoms with E-state index in [1.54, 1.807) is 6.20 Å². The fourth-order valence-electron chi connectivity index (χ4n) is 2.24. The minimum atomic E-state index is 0.559. The highest BCUT2D eigenvalue weighted by molar-refractivity contribution is 6.02. The molecule has 0 saturated heterocycles. The zero-order valence-electron chi connectivity index (χ0n) is 15.0. The molecule has 1 heterocycles. The Morgan fingerprint density at radius 1 is 1.46 bits per heavy atom. The Hall–Kier alpha value is -2.30. The summed E-state index contributed by atoms with van der Waals surface area (Å²) in [5, 5.41) is 2.69. The van der Waals surface area contributed by atoms with Gasteiger partial charge in [-0.2, -0.15) is 0 Å². The first-order valence-corrected chi connectivity index (χ1v) is 8.16. The van der Waals surface area contributed by atoms with Gasteiger partial charge in [-0.05, 0) is 51.8 Å². The number of nitrogens with one attached hydrogen (secondary N) is 1. The van der Waals surface area contributed by atoms with Crippen molar-refractivity contribution in [3.63, 3.8) is 0 Å². The maximum Gasteiger partial charge on any atom is 0.0690 e. The molecule has 6 nitrogen and oxygen atoms in total. The zero-order valence-corrected chi connectivity index (χ0v) is 15.0. The third-order valence-corrected chi connectivity index (χ3v) is 3.62. The predicted octanol–water partition coefficient (Wildman–Crippen LogP) is 3.40. The molecule has 1 aliphatic heterocycles. The maximum absolute atomic E-state index is 10.2. The lowest BCUT2D eigenvalue weighted by Crippen LogP contribution is -2.34. The average molecular weight is 329 g/mol. The number of hydrogen-bond acceptors (Lipinski definition) is 5. The lowest BCUT2D eigenvalue weighted by atomic mass is 10.1. The van der Waals surface area contributed by atoms with Crippen LogP contribution in [0.4, 0.5) is 0 Å². The smallest absolute Gasteiger partial charge is 0.0690 e. The lowest BCUT2D eigenvalue weighted by Gasteiger charge is -2.24. The highest BCUT2D eigenvalue weighted by Gasteiger charge is 2.13. The van der Waals surface area contributed by atoms with Crippen molar-refractivity contribution in [2.75, 3.05) is 26.2 Å². The molecule has 0 aromatic rings. The largest absolute Gasteiger partial charge is 0.292 e. The van der Waals surface area contributed by atoms with Crippen LogP contribution in [0.5, 0.6) is 0 Å². The Bertz CT molecular complexity index is 603. The van der Waals surface area contributed by atoms with Crippen LogP contribution in [0.3, 0.4) is 0 Å². The van der Waals surface area contributed by atoms with Crippen molar-refractivity contribution in [3.05, 3.63) is 45.8 Å². The summed E-state index contributed by atoms with van der Waals surface area (Å²) >= 11 is 0. The second-order valence-electron chi connectivity index (χ2n) is 5.79. The molecule has 0 amide bonds. The number of hydrogen-bond donors (Lipinski definition) is 1. The summed E-state index contributed by atoms with van der Waals surface area (Å²) in [5.74, 6) is 0. The number of rotatable bonds is 10. The number of nitrogens with zero attached hydrogens (tertiary/aromatic N) is 4. The molecule has 0 unspecified atom stereocenters. The third kappa shape index (κ3) is 7.31. The number of allylic oxidation sites excluding steroid dienone is 3. The SMILES string of the molecule is C/C=N\C(CN(CCCNN=O)CC1=NC=C=CC=C1C)=C(C)C. The van der Waals surface area contributed by atoms with Crippen LogP contribution in [0.1, 0.15) is 34.1 Å². The van der Waals surface area contributed by atoms with Gasteiger partial charge in [0.25, 0.3) is 0 Å². The first-order chi connectivity index (χ1) is 11.6. The molecule has 0 spiro atoms. The Morgan fingerprint density at radius 3 is 2.92 bits per heavy atom. The standard InChI is InChI=1S/C18H27N5O/c1-5-19-17(15(2)3)13-23(12-8-11-21-22-24)14-18-16(4)9-6-7-10-20-18/h5-6,9-10H,8,11-14H2,1-4H3,(H,21,24)/b19-5-. The molecule has 0 aromatic heterocycles. The quantitative estimate of drug-likeness (QED) is 0.219. The fraction of sp³-hybridized carbons (Fsp3) is 0.500. The van der Waals surface area contributed by atoms with E-state index < -0.39 is 0 Å². The van der Waals surface area contributed by atoms with E-state index >= 15 is 0 Å². The van der Waals surface area contributed by atoms with Gasteiger partial charge < -0.3 is 0 Å². The molecule has 1 N–H and O–H groups in total. The Kier molecular flexibility index (Phi) is 9.27. The molecule has 0 atom stereocenters. The average Bonchev–Trinajstić information content (AvgIpc) is 2.75. The van der Waals surface area contributed by atoms with Gasteiger partial charge in [-0.3, -0.25) is 20.3 Å². The normalized spacial score (nSPS) is 13.7. The molecular weight excluding hydrogens is 302 g/mol. The molecule has 130 valence electrons. The molecule has 0 bridgehead atoms. The molecule has 0 aromatic carbocycles. The molecule has 1 aliphatic rings. The second-order valence-corrected chi connectivity index (χ2v) is 5.79. The van der Waals surface area contributed by atoms with Crippen LogP contribution in [0.2, 0.25) is 0 Å². The first-order valence-electron chi connectivity index (χ1n) is 8.16. The van der Waals surface area contributed by atoms with Gasteiger partial charge in [0.2, 0.25) is 0 Å². The minimum absolute atomic E-state index is 0.559. The van der Waals surface area contributed by atoms with Crippen LogP contribution in [0.25, 0.3) is 0 Å². The van der Waals surface area contributed by atoms with E-state index in [0.717, 1.165) is 43.0 Å². The Balaban J connectivity index is 2.84. The summed E-state index contributed by atoms with van der Waals surface area (Å²) in [7, 11) is 0. The Morgan fingerprint density at radius 2 is 2.25 bits per heavy atom. The monoisotopic (exact) mass is 329 g/mol. The molecule has 1 rings (SSSR count). The van der Waals surface area contributed by atoms with Gasteiger partial charge in [0.15, 0.2) is 0 Å². The minimum Gasteiger partial charge on any atom is -0.292 e. The summed E-state index contributed by atoms with van der Waals surface area (Å²) in [6.07, 6.45) is 8.23. The van der Waals surface area contributed by atoms with Crippen molar-refractivity contribution in [1.29, 1.82) is 0 Å². The van der Waals surface area contributed by atoms with Gasteiger partial charge in [-0.25, -0.2) is 0 Å². The van der Waals surface area contributed by atoms with Crippen LogP contribution in [-0.4, -0.2) is 43.0 Å². The van der Waals surface area contributed by atoms with Crippen LogP contribution in [0.15, 0.2) is 56.2 Å². The fourth-order valence-corrected chi connectivity index (χ4v) is 2.24. The summed E-state index contributed by atoms with van der Waals surface area (Å²) in [6, 6.07) is 0. The summed E-state index contributed by atoms with van der Waals surface area (Å²) in [6.45, 7) is 11.0. The van der Waals surface area contributed by atoms with Crippen LogP contribution < -0.4 is 5.43 Å². The molecular formula is C18H27N5O. The number of aliphatic imine (C=N–C) groups is 2. The van der Waals surface area contributed by atoms with Crippen molar-refractivity contribution < 1.29 is 0 Å². The zero-order chi connectivity index (χ0) is 17.8. The van der Waals surface area contributed by atoms with Crippen molar-refractivity contribution in [3.8, 4) is 0 Å². The van der Waals surface area contributed by atoms with E-state index in [2.05, 4.69) is 52.1 Å². The van der Waals surface area contributed by atoms with E-state index in [4.69, 9.17) is 0 Å². The summed E-state index contributed by atoms with van der Waals surface area (Å²) in [4.78, 5) is 21.4. The second kappa shape index (κ2) is 11.3. The third-order valence-electron chi connectivity index (χ3n) is 3.62. The van der Waals surface area contributed by atoms with Crippen LogP contribution >= 0.6 is 0 Å². The summed E-state index contributed by atoms with van der Waals surface area (Å²) < 4.78 is 0. The van der Waals surface area contributed by atoms with E-state index in [1.807, 2.05) is 25.3 Å². The van der Waals surface area contributed by atoms with Gasteiger partial charge in [0.05, 0.1) is 17.6 Å². The van der Waals surface area contributed by atoms with Crippen molar-refractivity contribution in [1.82, 2.24) is 10.3 Å². The summed E-state index contributed by atoms with van der Waals surface area (Å²) in [5.41, 5.74) is 9.87. The van der Waals surface area contributed by atoms with E-state index in [0.29, 0.717) is 6.54 Å². The molecule has 0 radical (unpaired) electrons. The lowest BCUT2D eigenvalue weighted by molar-refractivity contribution is 0.328. The first kappa shape index (κ1) is 19.7.